The van der Waals surface area contributed by atoms with Crippen LogP contribution in [-0.4, -0.2) is 36.1 Å². The summed E-state index contributed by atoms with van der Waals surface area (Å²) in [7, 11) is -0.618. The standard InChI is InChI=1S/C21H35N3O4Si/c1-14(2)29(15(3)4,16(5)6)27-13-24-12-11-17(7)20(24)21-22-18(28-23-21)9-10-19(25)26-8/h11-12,14-16H,9-10,13H2,1-8H3. The first-order chi connectivity index (χ1) is 13.6. The Hall–Kier alpha value is -1.93. The van der Waals surface area contributed by atoms with Gasteiger partial charge in [-0.05, 0) is 35.2 Å². The summed E-state index contributed by atoms with van der Waals surface area (Å²) in [5, 5.41) is 4.13. The van der Waals surface area contributed by atoms with E-state index in [0.717, 1.165) is 11.3 Å². The number of esters is 1. The Morgan fingerprint density at radius 3 is 2.34 bits per heavy atom. The Morgan fingerprint density at radius 2 is 1.79 bits per heavy atom. The van der Waals surface area contributed by atoms with Crippen molar-refractivity contribution in [1.29, 1.82) is 0 Å². The number of methoxy groups -OCH3 is 1. The Balaban J connectivity index is 2.24. The zero-order valence-electron chi connectivity index (χ0n) is 19.0. The van der Waals surface area contributed by atoms with Crippen molar-refractivity contribution in [2.45, 2.75) is 84.7 Å². The van der Waals surface area contributed by atoms with E-state index in [0.29, 0.717) is 41.5 Å². The molecule has 29 heavy (non-hydrogen) atoms. The molecule has 2 rings (SSSR count). The molecule has 0 bridgehead atoms. The molecule has 0 aliphatic heterocycles. The van der Waals surface area contributed by atoms with Crippen LogP contribution in [-0.2, 0) is 27.1 Å². The van der Waals surface area contributed by atoms with Crippen molar-refractivity contribution in [1.82, 2.24) is 14.7 Å². The maximum Gasteiger partial charge on any atom is 0.306 e. The van der Waals surface area contributed by atoms with Crippen molar-refractivity contribution in [3.05, 3.63) is 23.7 Å². The van der Waals surface area contributed by atoms with Gasteiger partial charge in [0.05, 0.1) is 19.2 Å². The molecule has 0 amide bonds. The summed E-state index contributed by atoms with van der Waals surface area (Å²) in [6.07, 6.45) is 2.59. The van der Waals surface area contributed by atoms with Crippen LogP contribution in [0.2, 0.25) is 16.6 Å². The lowest BCUT2D eigenvalue weighted by atomic mass is 10.2. The number of carbonyl (C=O) groups excluding carboxylic acids is 1. The third-order valence-electron chi connectivity index (χ3n) is 5.78. The van der Waals surface area contributed by atoms with Crippen LogP contribution >= 0.6 is 0 Å². The largest absolute Gasteiger partial charge is 0.469 e. The van der Waals surface area contributed by atoms with Gasteiger partial charge < -0.3 is 18.3 Å². The molecule has 0 fully saturated rings. The molecule has 0 N–H and O–H groups in total. The van der Waals surface area contributed by atoms with Crippen LogP contribution in [0.1, 0.15) is 59.4 Å². The van der Waals surface area contributed by atoms with Gasteiger partial charge in [0.15, 0.2) is 0 Å². The SMILES string of the molecule is COC(=O)CCc1nc(-c2c(C)ccn2CO[Si](C(C)C)(C(C)C)C(C)C)no1. The number of rotatable bonds is 10. The molecule has 0 saturated heterocycles. The zero-order chi connectivity index (χ0) is 21.8. The molecule has 8 heteroatoms. The van der Waals surface area contributed by atoms with Crippen LogP contribution in [0.5, 0.6) is 0 Å². The van der Waals surface area contributed by atoms with Gasteiger partial charge in [0, 0.05) is 12.6 Å². The third kappa shape index (κ3) is 4.98. The van der Waals surface area contributed by atoms with E-state index in [-0.39, 0.29) is 12.4 Å². The summed E-state index contributed by atoms with van der Waals surface area (Å²) >= 11 is 0. The normalized spacial score (nSPS) is 12.4. The molecule has 0 radical (unpaired) electrons. The van der Waals surface area contributed by atoms with E-state index in [9.17, 15) is 4.79 Å². The second-order valence-corrected chi connectivity index (χ2v) is 14.0. The van der Waals surface area contributed by atoms with E-state index in [4.69, 9.17) is 8.95 Å². The van der Waals surface area contributed by atoms with Crippen molar-refractivity contribution in [2.24, 2.45) is 0 Å². The van der Waals surface area contributed by atoms with Crippen LogP contribution in [0.15, 0.2) is 16.8 Å². The molecule has 0 aromatic carbocycles. The van der Waals surface area contributed by atoms with Crippen LogP contribution in [0.25, 0.3) is 11.5 Å². The number of nitrogens with zero attached hydrogens (tertiary/aromatic N) is 3. The molecule has 162 valence electrons. The monoisotopic (exact) mass is 421 g/mol. The maximum atomic E-state index is 11.3. The molecule has 0 spiro atoms. The minimum atomic E-state index is -1.99. The first-order valence-corrected chi connectivity index (χ1v) is 12.5. The number of hydrogen-bond acceptors (Lipinski definition) is 6. The molecular formula is C21H35N3O4Si. The first kappa shape index (κ1) is 23.3. The molecular weight excluding hydrogens is 386 g/mol. The van der Waals surface area contributed by atoms with Crippen molar-refractivity contribution in [3.63, 3.8) is 0 Å². The molecule has 0 saturated carbocycles. The third-order valence-corrected chi connectivity index (χ3v) is 11.8. The van der Waals surface area contributed by atoms with E-state index >= 15 is 0 Å². The average Bonchev–Trinajstić information content (AvgIpc) is 3.25. The van der Waals surface area contributed by atoms with Crippen molar-refractivity contribution < 1.29 is 18.5 Å². The molecule has 0 atom stereocenters. The van der Waals surface area contributed by atoms with Crippen LogP contribution < -0.4 is 0 Å². The number of hydrogen-bond donors (Lipinski definition) is 0. The highest BCUT2D eigenvalue weighted by molar-refractivity contribution is 6.77. The number of aryl methyl sites for hydroxylation is 2. The molecule has 2 heterocycles. The first-order valence-electron chi connectivity index (χ1n) is 10.3. The highest BCUT2D eigenvalue weighted by atomic mass is 28.4. The Labute approximate surface area is 174 Å². The van der Waals surface area contributed by atoms with E-state index < -0.39 is 8.32 Å². The lowest BCUT2D eigenvalue weighted by Gasteiger charge is -2.42. The summed E-state index contributed by atoms with van der Waals surface area (Å²) < 4.78 is 18.8. The smallest absolute Gasteiger partial charge is 0.306 e. The summed E-state index contributed by atoms with van der Waals surface area (Å²) in [6.45, 7) is 16.2. The second kappa shape index (κ2) is 9.71. The highest BCUT2D eigenvalue weighted by Crippen LogP contribution is 2.42. The van der Waals surface area contributed by atoms with Gasteiger partial charge in [0.25, 0.3) is 0 Å². The Kier molecular flexibility index (Phi) is 7.82. The quantitative estimate of drug-likeness (QED) is 0.392. The lowest BCUT2D eigenvalue weighted by molar-refractivity contribution is -0.140. The number of ether oxygens (including phenoxy) is 1. The number of carbonyl (C=O) groups is 1. The molecule has 0 unspecified atom stereocenters. The topological polar surface area (TPSA) is 79.4 Å². The van der Waals surface area contributed by atoms with Crippen LogP contribution in [0.4, 0.5) is 0 Å². The van der Waals surface area contributed by atoms with E-state index in [1.165, 1.54) is 7.11 Å². The molecule has 7 nitrogen and oxygen atoms in total. The summed E-state index contributed by atoms with van der Waals surface area (Å²) in [5.41, 5.74) is 3.48. The highest BCUT2D eigenvalue weighted by Gasteiger charge is 2.45. The summed E-state index contributed by atoms with van der Waals surface area (Å²) in [5.74, 6) is 0.644. The van der Waals surface area contributed by atoms with E-state index in [1.54, 1.807) is 0 Å². The maximum absolute atomic E-state index is 11.3. The van der Waals surface area contributed by atoms with Crippen LogP contribution in [0.3, 0.4) is 0 Å². The van der Waals surface area contributed by atoms with Gasteiger partial charge in [-0.1, -0.05) is 46.7 Å². The van der Waals surface area contributed by atoms with Gasteiger partial charge in [-0.25, -0.2) is 0 Å². The molecule has 2 aromatic heterocycles. The second-order valence-electron chi connectivity index (χ2n) is 8.50. The predicted molar refractivity (Wildman–Crippen MR) is 115 cm³/mol. The summed E-state index contributed by atoms with van der Waals surface area (Å²) in [4.78, 5) is 15.8. The molecule has 0 aliphatic carbocycles. The van der Waals surface area contributed by atoms with E-state index in [1.807, 2.05) is 19.2 Å². The van der Waals surface area contributed by atoms with Crippen molar-refractivity contribution in [2.75, 3.05) is 7.11 Å². The molecule has 2 aromatic rings. The number of aromatic nitrogens is 3. The lowest BCUT2D eigenvalue weighted by Crippen LogP contribution is -2.48. The fourth-order valence-corrected chi connectivity index (χ4v) is 9.80. The Morgan fingerprint density at radius 1 is 1.17 bits per heavy atom. The van der Waals surface area contributed by atoms with Gasteiger partial charge >= 0.3 is 5.97 Å². The Bertz CT molecular complexity index is 789. The zero-order valence-corrected chi connectivity index (χ0v) is 20.0. The molecule has 0 aliphatic rings. The van der Waals surface area contributed by atoms with Gasteiger partial charge in [-0.15, -0.1) is 0 Å². The van der Waals surface area contributed by atoms with Crippen molar-refractivity contribution >= 4 is 14.3 Å². The van der Waals surface area contributed by atoms with Gasteiger partial charge in [0.1, 0.15) is 6.73 Å². The minimum absolute atomic E-state index is 0.215. The van der Waals surface area contributed by atoms with Crippen molar-refractivity contribution in [3.8, 4) is 11.5 Å². The summed E-state index contributed by atoms with van der Waals surface area (Å²) in [6, 6.07) is 2.03. The fourth-order valence-electron chi connectivity index (χ4n) is 4.44. The van der Waals surface area contributed by atoms with Gasteiger partial charge in [0.2, 0.25) is 20.0 Å². The fraction of sp³-hybridized carbons (Fsp3) is 0.667. The minimum Gasteiger partial charge on any atom is -0.469 e. The van der Waals surface area contributed by atoms with E-state index in [2.05, 4.69) is 61.0 Å². The van der Waals surface area contributed by atoms with Gasteiger partial charge in [-0.2, -0.15) is 4.98 Å². The predicted octanol–water partition coefficient (Wildman–Crippen LogP) is 5.10. The average molecular weight is 422 g/mol. The van der Waals surface area contributed by atoms with Crippen LogP contribution in [0, 0.1) is 6.92 Å². The van der Waals surface area contributed by atoms with Gasteiger partial charge in [-0.3, -0.25) is 4.79 Å².